The molecule has 4 nitrogen and oxygen atoms in total. The first kappa shape index (κ1) is 33.7. The Kier molecular flexibility index (Phi) is 7.45. The number of ether oxygens (including phenoxy) is 1. The topological polar surface area (TPSA) is 47.9 Å². The Balaban J connectivity index is 1.12. The first-order chi connectivity index (χ1) is 29.1. The number of hydrogen-bond acceptors (Lipinski definition) is 4. The van der Waals surface area contributed by atoms with E-state index < -0.39 is 5.41 Å². The molecule has 0 N–H and O–H groups in total. The molecule has 1 aliphatic heterocycles. The van der Waals surface area contributed by atoms with E-state index in [9.17, 15) is 0 Å². The summed E-state index contributed by atoms with van der Waals surface area (Å²) in [6.45, 7) is 2.23. The second-order valence-corrected chi connectivity index (χ2v) is 16.0. The molecule has 4 heteroatoms. The normalized spacial score (nSPS) is 15.6. The quantitative estimate of drug-likeness (QED) is 0.168. The van der Waals surface area contributed by atoms with Gasteiger partial charge in [0.1, 0.15) is 11.5 Å². The Morgan fingerprint density at radius 1 is 0.475 bits per heavy atom. The van der Waals surface area contributed by atoms with Crippen LogP contribution >= 0.6 is 0 Å². The van der Waals surface area contributed by atoms with Crippen LogP contribution in [-0.2, 0) is 5.41 Å². The van der Waals surface area contributed by atoms with Crippen molar-refractivity contribution in [3.63, 3.8) is 0 Å². The number of hydrogen-bond donors (Lipinski definition) is 0. The third-order valence-corrected chi connectivity index (χ3v) is 12.5. The van der Waals surface area contributed by atoms with Gasteiger partial charge in [0.05, 0.1) is 5.41 Å². The van der Waals surface area contributed by atoms with Gasteiger partial charge in [-0.25, -0.2) is 15.0 Å². The van der Waals surface area contributed by atoms with Crippen LogP contribution in [0.2, 0.25) is 0 Å². The average molecular weight is 756 g/mol. The summed E-state index contributed by atoms with van der Waals surface area (Å²) in [4.78, 5) is 15.5. The molecule has 1 unspecified atom stereocenters. The lowest BCUT2D eigenvalue weighted by Crippen LogP contribution is -2.32. The molecule has 2 aliphatic carbocycles. The van der Waals surface area contributed by atoms with Crippen molar-refractivity contribution in [3.8, 4) is 56.5 Å². The van der Waals surface area contributed by atoms with Gasteiger partial charge in [0, 0.05) is 27.8 Å². The summed E-state index contributed by atoms with van der Waals surface area (Å²) < 4.78 is 6.74. The van der Waals surface area contributed by atoms with Crippen LogP contribution in [0.1, 0.15) is 41.4 Å². The van der Waals surface area contributed by atoms with Gasteiger partial charge in [0.2, 0.25) is 0 Å². The van der Waals surface area contributed by atoms with Gasteiger partial charge >= 0.3 is 0 Å². The molecule has 8 aromatic carbocycles. The summed E-state index contributed by atoms with van der Waals surface area (Å²) in [6, 6.07) is 61.1. The van der Waals surface area contributed by atoms with E-state index in [1.807, 2.05) is 18.2 Å². The minimum absolute atomic E-state index is 0.480. The van der Waals surface area contributed by atoms with Crippen molar-refractivity contribution in [3.05, 3.63) is 216 Å². The summed E-state index contributed by atoms with van der Waals surface area (Å²) in [5, 5.41) is 4.99. The summed E-state index contributed by atoms with van der Waals surface area (Å²) in [7, 11) is 0. The lowest BCUT2D eigenvalue weighted by atomic mass is 9.65. The van der Waals surface area contributed by atoms with Crippen LogP contribution in [0.4, 0.5) is 0 Å². The van der Waals surface area contributed by atoms with Gasteiger partial charge in [-0.05, 0) is 97.6 Å². The van der Waals surface area contributed by atoms with Gasteiger partial charge in [-0.1, -0.05) is 165 Å². The molecule has 1 spiro atoms. The Bertz CT molecular complexity index is 3210. The van der Waals surface area contributed by atoms with Crippen molar-refractivity contribution in [2.75, 3.05) is 0 Å². The van der Waals surface area contributed by atoms with Crippen molar-refractivity contribution in [2.24, 2.45) is 5.92 Å². The number of nitrogens with zero attached hydrogens (tertiary/aromatic N) is 3. The molecule has 278 valence electrons. The molecular weight excluding hydrogens is 719 g/mol. The van der Waals surface area contributed by atoms with Crippen molar-refractivity contribution >= 4 is 27.1 Å². The minimum atomic E-state index is -0.683. The van der Waals surface area contributed by atoms with Crippen LogP contribution in [0, 0.1) is 5.92 Å². The van der Waals surface area contributed by atoms with Crippen molar-refractivity contribution in [1.29, 1.82) is 0 Å². The summed E-state index contributed by atoms with van der Waals surface area (Å²) in [5.41, 5.74) is 11.7. The molecule has 9 aromatic rings. The maximum atomic E-state index is 6.74. The standard InChI is InChI=1S/C55H37N3O/c1-34-23-25-36(26-24-34)53-56-52(35-13-3-2-4-14-35)57-54(58-53)39-28-30-44-43-29-27-38(45-31-37-15-5-6-16-40(37)41-17-7-8-18-42(41)45)32-48(43)55(49(44)33-39)46-19-9-11-21-50(46)59-51-22-12-10-20-47(51)55/h2-23,25-34H,24H2,1H3. The lowest BCUT2D eigenvalue weighted by Gasteiger charge is -2.39. The van der Waals surface area contributed by atoms with Crippen LogP contribution in [0.25, 0.3) is 72.1 Å². The molecule has 3 aliphatic rings. The molecule has 12 rings (SSSR count). The second kappa shape index (κ2) is 13.1. The predicted octanol–water partition coefficient (Wildman–Crippen LogP) is 13.6. The van der Waals surface area contributed by atoms with Crippen LogP contribution < -0.4 is 4.74 Å². The molecule has 2 heterocycles. The molecule has 0 saturated heterocycles. The molecule has 0 saturated carbocycles. The third-order valence-electron chi connectivity index (χ3n) is 12.5. The smallest absolute Gasteiger partial charge is 0.164 e. The van der Waals surface area contributed by atoms with Gasteiger partial charge in [-0.15, -0.1) is 0 Å². The number of para-hydroxylation sites is 2. The largest absolute Gasteiger partial charge is 0.457 e. The Labute approximate surface area is 342 Å². The Morgan fingerprint density at radius 2 is 1.05 bits per heavy atom. The van der Waals surface area contributed by atoms with Gasteiger partial charge in [-0.3, -0.25) is 0 Å². The molecule has 0 bridgehead atoms. The van der Waals surface area contributed by atoms with E-state index in [1.54, 1.807) is 0 Å². The fraction of sp³-hybridized carbons (Fsp3) is 0.0727. The van der Waals surface area contributed by atoms with Gasteiger partial charge in [0.15, 0.2) is 17.5 Å². The van der Waals surface area contributed by atoms with E-state index in [0.29, 0.717) is 23.4 Å². The molecule has 0 fully saturated rings. The summed E-state index contributed by atoms with van der Waals surface area (Å²) in [6.07, 6.45) is 7.60. The van der Waals surface area contributed by atoms with E-state index in [4.69, 9.17) is 19.7 Å². The van der Waals surface area contributed by atoms with E-state index in [0.717, 1.165) is 45.7 Å². The Hall–Kier alpha value is -7.43. The summed E-state index contributed by atoms with van der Waals surface area (Å²) in [5.74, 6) is 4.18. The van der Waals surface area contributed by atoms with Gasteiger partial charge in [-0.2, -0.15) is 0 Å². The predicted molar refractivity (Wildman–Crippen MR) is 239 cm³/mol. The minimum Gasteiger partial charge on any atom is -0.457 e. The van der Waals surface area contributed by atoms with Crippen LogP contribution in [0.3, 0.4) is 0 Å². The molecule has 0 amide bonds. The zero-order chi connectivity index (χ0) is 39.1. The van der Waals surface area contributed by atoms with E-state index in [2.05, 4.69) is 177 Å². The maximum absolute atomic E-state index is 6.74. The molecule has 1 aromatic heterocycles. The average Bonchev–Trinajstić information content (AvgIpc) is 3.58. The molecular formula is C55H37N3O. The van der Waals surface area contributed by atoms with E-state index in [-0.39, 0.29) is 0 Å². The van der Waals surface area contributed by atoms with Gasteiger partial charge in [0.25, 0.3) is 0 Å². The highest BCUT2D eigenvalue weighted by molar-refractivity contribution is 6.14. The Morgan fingerprint density at radius 3 is 1.76 bits per heavy atom. The number of rotatable bonds is 4. The second-order valence-electron chi connectivity index (χ2n) is 16.0. The molecule has 1 atom stereocenters. The third kappa shape index (κ3) is 5.12. The fourth-order valence-corrected chi connectivity index (χ4v) is 9.74. The zero-order valence-electron chi connectivity index (χ0n) is 32.4. The molecule has 0 radical (unpaired) electrons. The van der Waals surface area contributed by atoms with Crippen LogP contribution in [-0.4, -0.2) is 15.0 Å². The summed E-state index contributed by atoms with van der Waals surface area (Å²) >= 11 is 0. The van der Waals surface area contributed by atoms with E-state index >= 15 is 0 Å². The monoisotopic (exact) mass is 755 g/mol. The van der Waals surface area contributed by atoms with Crippen molar-refractivity contribution in [1.82, 2.24) is 15.0 Å². The first-order valence-electron chi connectivity index (χ1n) is 20.4. The number of allylic oxidation sites excluding steroid dienone is 4. The number of aromatic nitrogens is 3. The number of fused-ring (bicyclic) bond motifs is 12. The highest BCUT2D eigenvalue weighted by Crippen LogP contribution is 2.63. The first-order valence-corrected chi connectivity index (χ1v) is 20.4. The number of benzene rings is 8. The SMILES string of the molecule is CC1C=CC(c2nc(-c3ccccc3)nc(-c3ccc4c(c3)C3(c5ccccc5Oc5ccccc53)c3cc(-c5cc6ccccc6c6ccccc56)ccc3-4)n2)=CC1. The highest BCUT2D eigenvalue weighted by atomic mass is 16.5. The van der Waals surface area contributed by atoms with Crippen LogP contribution in [0.15, 0.2) is 188 Å². The lowest BCUT2D eigenvalue weighted by molar-refractivity contribution is 0.436. The molecule has 59 heavy (non-hydrogen) atoms. The van der Waals surface area contributed by atoms with Crippen LogP contribution in [0.5, 0.6) is 11.5 Å². The van der Waals surface area contributed by atoms with Gasteiger partial charge < -0.3 is 4.74 Å². The van der Waals surface area contributed by atoms with Crippen molar-refractivity contribution in [2.45, 2.75) is 18.8 Å². The maximum Gasteiger partial charge on any atom is 0.164 e. The van der Waals surface area contributed by atoms with Crippen molar-refractivity contribution < 1.29 is 4.74 Å². The highest BCUT2D eigenvalue weighted by Gasteiger charge is 2.51. The fourth-order valence-electron chi connectivity index (χ4n) is 9.74. The zero-order valence-corrected chi connectivity index (χ0v) is 32.4. The van der Waals surface area contributed by atoms with E-state index in [1.165, 1.54) is 54.9 Å².